The van der Waals surface area contributed by atoms with Gasteiger partial charge >= 0.3 is 11.8 Å². The van der Waals surface area contributed by atoms with Crippen molar-refractivity contribution in [2.75, 3.05) is 27.4 Å². The molecule has 0 spiro atoms. The van der Waals surface area contributed by atoms with Crippen LogP contribution in [0.15, 0.2) is 0 Å². The molecule has 1 atom stereocenters. The maximum atomic E-state index is 11.3. The average Bonchev–Trinajstić information content (AvgIpc) is 2.36. The molecule has 3 N–H and O–H groups in total. The number of ether oxygens (including phenoxy) is 2. The van der Waals surface area contributed by atoms with E-state index in [-0.39, 0.29) is 13.2 Å². The van der Waals surface area contributed by atoms with E-state index < -0.39 is 24.1 Å². The van der Waals surface area contributed by atoms with Crippen LogP contribution in [0.1, 0.15) is 13.3 Å². The molecule has 0 radical (unpaired) electrons. The van der Waals surface area contributed by atoms with E-state index in [0.29, 0.717) is 6.42 Å². The molecule has 1 unspecified atom stereocenters. The Kier molecular flexibility index (Phi) is 8.29. The van der Waals surface area contributed by atoms with E-state index in [9.17, 15) is 9.59 Å². The van der Waals surface area contributed by atoms with Crippen LogP contribution in [-0.2, 0) is 19.1 Å². The lowest BCUT2D eigenvalue weighted by atomic mass is 10.2. The molecule has 0 saturated carbocycles. The Morgan fingerprint density at radius 1 is 1.24 bits per heavy atom. The summed E-state index contributed by atoms with van der Waals surface area (Å²) < 4.78 is 9.69. The molecule has 0 fully saturated rings. The van der Waals surface area contributed by atoms with Gasteiger partial charge in [-0.1, -0.05) is 6.92 Å². The first kappa shape index (κ1) is 15.8. The number of methoxy groups -OCH3 is 2. The van der Waals surface area contributed by atoms with Crippen molar-refractivity contribution in [3.8, 4) is 0 Å². The van der Waals surface area contributed by atoms with Gasteiger partial charge in [-0.25, -0.2) is 0 Å². The van der Waals surface area contributed by atoms with E-state index in [1.165, 1.54) is 14.2 Å². The number of rotatable bonds is 7. The molecule has 7 heteroatoms. The quantitative estimate of drug-likeness (QED) is 0.381. The maximum Gasteiger partial charge on any atom is 0.309 e. The van der Waals surface area contributed by atoms with Crippen LogP contribution >= 0.6 is 0 Å². The Morgan fingerprint density at radius 3 is 2.24 bits per heavy atom. The van der Waals surface area contributed by atoms with Crippen molar-refractivity contribution in [3.05, 3.63) is 0 Å². The first-order valence-corrected chi connectivity index (χ1v) is 5.34. The summed E-state index contributed by atoms with van der Waals surface area (Å²) in [6.07, 6.45) is -0.0413. The second-order valence-corrected chi connectivity index (χ2v) is 3.37. The van der Waals surface area contributed by atoms with Crippen molar-refractivity contribution in [2.24, 2.45) is 0 Å². The molecule has 0 aliphatic heterocycles. The number of hydrogen-bond acceptors (Lipinski definition) is 5. The Hall–Kier alpha value is -1.18. The smallest absolute Gasteiger partial charge is 0.309 e. The third-order valence-electron chi connectivity index (χ3n) is 2.21. The van der Waals surface area contributed by atoms with Crippen LogP contribution in [0, 0.1) is 0 Å². The molecular weight excluding hydrogens is 228 g/mol. The standard InChI is InChI=1S/C10H20N2O5/c1-4-7(6-13)12-10(15)9(14)11-5-8(16-2)17-3/h7-8,13H,4-6H2,1-3H3,(H,11,14)(H,12,15). The number of aliphatic hydroxyl groups excluding tert-OH is 1. The van der Waals surface area contributed by atoms with Gasteiger partial charge in [-0.3, -0.25) is 9.59 Å². The summed E-state index contributed by atoms with van der Waals surface area (Å²) in [5, 5.41) is 13.6. The Morgan fingerprint density at radius 2 is 1.82 bits per heavy atom. The summed E-state index contributed by atoms with van der Waals surface area (Å²) in [7, 11) is 2.86. The van der Waals surface area contributed by atoms with E-state index in [2.05, 4.69) is 10.6 Å². The molecular formula is C10H20N2O5. The predicted octanol–water partition coefficient (Wildman–Crippen LogP) is -1.39. The van der Waals surface area contributed by atoms with Crippen LogP contribution in [0.25, 0.3) is 0 Å². The summed E-state index contributed by atoms with van der Waals surface area (Å²) in [6, 6.07) is -0.408. The normalized spacial score (nSPS) is 12.3. The summed E-state index contributed by atoms with van der Waals surface area (Å²) in [5.41, 5.74) is 0. The molecule has 0 rings (SSSR count). The fourth-order valence-electron chi connectivity index (χ4n) is 1.05. The zero-order valence-corrected chi connectivity index (χ0v) is 10.4. The SMILES string of the molecule is CCC(CO)NC(=O)C(=O)NCC(OC)OC. The van der Waals surface area contributed by atoms with E-state index in [0.717, 1.165) is 0 Å². The van der Waals surface area contributed by atoms with Gasteiger partial charge in [-0.2, -0.15) is 0 Å². The second-order valence-electron chi connectivity index (χ2n) is 3.37. The minimum Gasteiger partial charge on any atom is -0.394 e. The monoisotopic (exact) mass is 248 g/mol. The molecule has 0 heterocycles. The van der Waals surface area contributed by atoms with Crippen LogP contribution < -0.4 is 10.6 Å². The Bertz CT molecular complexity index is 239. The van der Waals surface area contributed by atoms with Crippen LogP contribution in [0.4, 0.5) is 0 Å². The largest absolute Gasteiger partial charge is 0.394 e. The van der Waals surface area contributed by atoms with Crippen molar-refractivity contribution >= 4 is 11.8 Å². The fourth-order valence-corrected chi connectivity index (χ4v) is 1.05. The minimum atomic E-state index is -0.781. The molecule has 7 nitrogen and oxygen atoms in total. The van der Waals surface area contributed by atoms with Gasteiger partial charge < -0.3 is 25.2 Å². The van der Waals surface area contributed by atoms with Crippen LogP contribution in [0.2, 0.25) is 0 Å². The van der Waals surface area contributed by atoms with Crippen molar-refractivity contribution < 1.29 is 24.2 Å². The lowest BCUT2D eigenvalue weighted by molar-refractivity contribution is -0.142. The fraction of sp³-hybridized carbons (Fsp3) is 0.800. The summed E-state index contributed by atoms with van der Waals surface area (Å²) >= 11 is 0. The van der Waals surface area contributed by atoms with Gasteiger partial charge in [-0.05, 0) is 6.42 Å². The zero-order chi connectivity index (χ0) is 13.3. The van der Waals surface area contributed by atoms with Gasteiger partial charge in [-0.15, -0.1) is 0 Å². The van der Waals surface area contributed by atoms with Crippen LogP contribution in [-0.4, -0.2) is 56.6 Å². The summed E-state index contributed by atoms with van der Waals surface area (Å²) in [5.74, 6) is -1.56. The van der Waals surface area contributed by atoms with Crippen LogP contribution in [0.3, 0.4) is 0 Å². The molecule has 0 aromatic rings. The van der Waals surface area contributed by atoms with Gasteiger partial charge in [0.2, 0.25) is 0 Å². The molecule has 0 aliphatic rings. The number of hydrogen-bond donors (Lipinski definition) is 3. The van der Waals surface area contributed by atoms with Gasteiger partial charge in [0.05, 0.1) is 19.2 Å². The molecule has 0 saturated heterocycles. The zero-order valence-electron chi connectivity index (χ0n) is 10.4. The van der Waals surface area contributed by atoms with Crippen LogP contribution in [0.5, 0.6) is 0 Å². The molecule has 0 aromatic heterocycles. The van der Waals surface area contributed by atoms with E-state index in [4.69, 9.17) is 14.6 Å². The highest BCUT2D eigenvalue weighted by Gasteiger charge is 2.18. The van der Waals surface area contributed by atoms with Gasteiger partial charge in [0.25, 0.3) is 0 Å². The highest BCUT2D eigenvalue weighted by atomic mass is 16.7. The van der Waals surface area contributed by atoms with Crippen molar-refractivity contribution in [2.45, 2.75) is 25.7 Å². The number of carbonyl (C=O) groups excluding carboxylic acids is 2. The number of amides is 2. The third-order valence-corrected chi connectivity index (χ3v) is 2.21. The second kappa shape index (κ2) is 8.91. The molecule has 0 aliphatic carbocycles. The van der Waals surface area contributed by atoms with E-state index in [1.807, 2.05) is 0 Å². The van der Waals surface area contributed by atoms with E-state index >= 15 is 0 Å². The first-order valence-electron chi connectivity index (χ1n) is 5.34. The number of aliphatic hydroxyl groups is 1. The van der Waals surface area contributed by atoms with Crippen molar-refractivity contribution in [1.82, 2.24) is 10.6 Å². The van der Waals surface area contributed by atoms with Crippen molar-refractivity contribution in [3.63, 3.8) is 0 Å². The average molecular weight is 248 g/mol. The molecule has 17 heavy (non-hydrogen) atoms. The third kappa shape index (κ3) is 6.20. The topological polar surface area (TPSA) is 96.9 Å². The predicted molar refractivity (Wildman–Crippen MR) is 60.1 cm³/mol. The molecule has 0 aromatic carbocycles. The lowest BCUT2D eigenvalue weighted by Crippen LogP contribution is -2.47. The first-order chi connectivity index (χ1) is 8.08. The highest BCUT2D eigenvalue weighted by Crippen LogP contribution is 1.90. The Balaban J connectivity index is 4.01. The highest BCUT2D eigenvalue weighted by molar-refractivity contribution is 6.35. The van der Waals surface area contributed by atoms with E-state index in [1.54, 1.807) is 6.92 Å². The molecule has 100 valence electrons. The van der Waals surface area contributed by atoms with Gasteiger partial charge in [0.1, 0.15) is 0 Å². The van der Waals surface area contributed by atoms with Crippen molar-refractivity contribution in [1.29, 1.82) is 0 Å². The summed E-state index contributed by atoms with van der Waals surface area (Å²) in [4.78, 5) is 22.7. The Labute approximate surface area is 100 Å². The molecule has 0 bridgehead atoms. The van der Waals surface area contributed by atoms with Gasteiger partial charge in [0, 0.05) is 14.2 Å². The molecule has 2 amide bonds. The van der Waals surface area contributed by atoms with Gasteiger partial charge in [0.15, 0.2) is 6.29 Å². The minimum absolute atomic E-state index is 0.0785. The lowest BCUT2D eigenvalue weighted by Gasteiger charge is -2.16. The summed E-state index contributed by atoms with van der Waals surface area (Å²) in [6.45, 7) is 1.68. The number of carbonyl (C=O) groups is 2. The maximum absolute atomic E-state index is 11.3. The number of nitrogens with one attached hydrogen (secondary N) is 2.